The number of hydrogen-bond donors (Lipinski definition) is 2. The lowest BCUT2D eigenvalue weighted by Gasteiger charge is -2.39. The van der Waals surface area contributed by atoms with Crippen LogP contribution < -0.4 is 21.1 Å². The third-order valence-electron chi connectivity index (χ3n) is 6.07. The summed E-state index contributed by atoms with van der Waals surface area (Å²) in [5.41, 5.74) is 2.68. The van der Waals surface area contributed by atoms with Crippen LogP contribution in [0.4, 0.5) is 16.2 Å². The molecule has 0 radical (unpaired) electrons. The highest BCUT2D eigenvalue weighted by Gasteiger charge is 2.30. The quantitative estimate of drug-likeness (QED) is 0.356. The molecule has 8 heteroatoms. The van der Waals surface area contributed by atoms with Crippen molar-refractivity contribution in [3.63, 3.8) is 0 Å². The number of hydrogen-bond acceptors (Lipinski definition) is 5. The van der Waals surface area contributed by atoms with E-state index in [0.717, 1.165) is 42.4 Å². The Kier molecular flexibility index (Phi) is 8.67. The third-order valence-corrected chi connectivity index (χ3v) is 6.07. The number of carbonyl (C=O) groups excluding carboxylic acids is 2. The zero-order valence-electron chi connectivity index (χ0n) is 20.4. The molecule has 0 spiro atoms. The van der Waals surface area contributed by atoms with Crippen LogP contribution in [0.5, 0.6) is 0 Å². The van der Waals surface area contributed by atoms with E-state index < -0.39 is 0 Å². The minimum absolute atomic E-state index is 0.0363. The van der Waals surface area contributed by atoms with Gasteiger partial charge in [-0.3, -0.25) is 14.6 Å². The second-order valence-corrected chi connectivity index (χ2v) is 8.58. The van der Waals surface area contributed by atoms with Gasteiger partial charge in [0.15, 0.2) is 0 Å². The summed E-state index contributed by atoms with van der Waals surface area (Å²) in [7, 11) is 0. The highest BCUT2D eigenvalue weighted by Crippen LogP contribution is 2.26. The number of hydrazine groups is 1. The number of likely N-dealkylation sites (N-methyl/N-ethyl adjacent to an activating group) is 1. The van der Waals surface area contributed by atoms with Gasteiger partial charge < -0.3 is 10.2 Å². The Hall–Kier alpha value is -3.36. The fourth-order valence-electron chi connectivity index (χ4n) is 4.24. The molecule has 0 bridgehead atoms. The molecule has 182 valence electrons. The molecule has 0 aromatic heterocycles. The highest BCUT2D eigenvalue weighted by molar-refractivity contribution is 5.91. The summed E-state index contributed by atoms with van der Waals surface area (Å²) >= 11 is 0. The second-order valence-electron chi connectivity index (χ2n) is 8.58. The van der Waals surface area contributed by atoms with Crippen LogP contribution in [0.3, 0.4) is 0 Å². The maximum atomic E-state index is 12.8. The predicted molar refractivity (Wildman–Crippen MR) is 137 cm³/mol. The standard InChI is InChI=1S/C26H36N6O2/c1-5-28-25(33)24(21-10-8-7-9-11-21)30-18-16-29(17-19-30)22-12-14-23(15-13-22)32(27)26(34)31(6-2)20(3)4/h6-15,20,24H,2,5,16-19,27H2,1,3-4H3,(H,28,33). The average Bonchev–Trinajstić information content (AvgIpc) is 2.85. The summed E-state index contributed by atoms with van der Waals surface area (Å²) in [6.45, 7) is 13.2. The Morgan fingerprint density at radius 2 is 1.68 bits per heavy atom. The second kappa shape index (κ2) is 11.7. The molecule has 2 aromatic carbocycles. The number of rotatable bonds is 8. The first-order chi connectivity index (χ1) is 16.4. The number of anilines is 2. The van der Waals surface area contributed by atoms with Crippen molar-refractivity contribution in [2.45, 2.75) is 32.9 Å². The number of amides is 3. The molecule has 1 saturated heterocycles. The number of nitrogens with one attached hydrogen (secondary N) is 1. The van der Waals surface area contributed by atoms with Crippen molar-refractivity contribution in [3.8, 4) is 0 Å². The molecule has 1 fully saturated rings. The highest BCUT2D eigenvalue weighted by atomic mass is 16.2. The Balaban J connectivity index is 1.66. The maximum Gasteiger partial charge on any atom is 0.343 e. The van der Waals surface area contributed by atoms with E-state index in [1.807, 2.05) is 75.4 Å². The smallest absolute Gasteiger partial charge is 0.343 e. The molecule has 3 amide bonds. The van der Waals surface area contributed by atoms with E-state index >= 15 is 0 Å². The van der Waals surface area contributed by atoms with E-state index in [4.69, 9.17) is 5.84 Å². The summed E-state index contributed by atoms with van der Waals surface area (Å²) < 4.78 is 0. The number of nitrogens with zero attached hydrogens (tertiary/aromatic N) is 4. The molecule has 2 aromatic rings. The van der Waals surface area contributed by atoms with Gasteiger partial charge in [0.2, 0.25) is 5.91 Å². The van der Waals surface area contributed by atoms with E-state index in [1.54, 1.807) is 0 Å². The third kappa shape index (κ3) is 5.76. The van der Waals surface area contributed by atoms with Crippen molar-refractivity contribution >= 4 is 23.3 Å². The molecular formula is C26H36N6O2. The largest absolute Gasteiger partial charge is 0.369 e. The molecule has 0 saturated carbocycles. The van der Waals surface area contributed by atoms with Crippen molar-refractivity contribution in [2.24, 2.45) is 5.84 Å². The van der Waals surface area contributed by atoms with Gasteiger partial charge in [0, 0.05) is 50.7 Å². The van der Waals surface area contributed by atoms with Gasteiger partial charge in [-0.05, 0) is 50.6 Å². The van der Waals surface area contributed by atoms with E-state index in [-0.39, 0.29) is 24.0 Å². The lowest BCUT2D eigenvalue weighted by molar-refractivity contribution is -0.126. The van der Waals surface area contributed by atoms with Crippen LogP contribution in [0.25, 0.3) is 0 Å². The van der Waals surface area contributed by atoms with Crippen molar-refractivity contribution in [3.05, 3.63) is 72.9 Å². The number of urea groups is 1. The molecule has 3 rings (SSSR count). The van der Waals surface area contributed by atoms with E-state index in [9.17, 15) is 9.59 Å². The van der Waals surface area contributed by atoms with Crippen molar-refractivity contribution < 1.29 is 9.59 Å². The molecule has 1 heterocycles. The fourth-order valence-corrected chi connectivity index (χ4v) is 4.24. The van der Waals surface area contributed by atoms with Gasteiger partial charge in [0.1, 0.15) is 6.04 Å². The van der Waals surface area contributed by atoms with Crippen LogP contribution in [-0.2, 0) is 4.79 Å². The lowest BCUT2D eigenvalue weighted by atomic mass is 10.0. The molecular weight excluding hydrogens is 428 g/mol. The number of benzene rings is 2. The van der Waals surface area contributed by atoms with Crippen LogP contribution >= 0.6 is 0 Å². The number of nitrogens with two attached hydrogens (primary N) is 1. The first-order valence-electron chi connectivity index (χ1n) is 11.8. The number of piperazine rings is 1. The molecule has 1 aliphatic rings. The number of carbonyl (C=O) groups is 2. The molecule has 8 nitrogen and oxygen atoms in total. The average molecular weight is 465 g/mol. The zero-order chi connectivity index (χ0) is 24.7. The predicted octanol–water partition coefficient (Wildman–Crippen LogP) is 3.34. The first-order valence-corrected chi connectivity index (χ1v) is 11.8. The molecule has 3 N–H and O–H groups in total. The van der Waals surface area contributed by atoms with Gasteiger partial charge in [0.05, 0.1) is 5.69 Å². The van der Waals surface area contributed by atoms with Crippen molar-refractivity contribution in [2.75, 3.05) is 42.6 Å². The summed E-state index contributed by atoms with van der Waals surface area (Å²) in [6, 6.07) is 16.9. The van der Waals surface area contributed by atoms with Crippen LogP contribution in [0.15, 0.2) is 67.4 Å². The molecule has 34 heavy (non-hydrogen) atoms. The Morgan fingerprint density at radius 1 is 1.06 bits per heavy atom. The summed E-state index contributed by atoms with van der Waals surface area (Å²) in [5.74, 6) is 6.11. The van der Waals surface area contributed by atoms with Crippen molar-refractivity contribution in [1.82, 2.24) is 15.1 Å². The van der Waals surface area contributed by atoms with Crippen LogP contribution in [-0.4, -0.2) is 60.5 Å². The van der Waals surface area contributed by atoms with Gasteiger partial charge in [-0.15, -0.1) is 0 Å². The Labute approximate surface area is 202 Å². The topological polar surface area (TPSA) is 85.2 Å². The maximum absolute atomic E-state index is 12.8. The van der Waals surface area contributed by atoms with E-state index in [0.29, 0.717) is 12.2 Å². The SMILES string of the molecule is C=CN(C(=O)N(N)c1ccc(N2CCN(C(C(=O)NCC)c3ccccc3)CC2)cc1)C(C)C. The monoisotopic (exact) mass is 464 g/mol. The van der Waals surface area contributed by atoms with E-state index in [2.05, 4.69) is 21.7 Å². The fraction of sp³-hybridized carbons (Fsp3) is 0.385. The first kappa shape index (κ1) is 25.3. The molecule has 1 unspecified atom stereocenters. The minimum atomic E-state index is -0.330. The van der Waals surface area contributed by atoms with Gasteiger partial charge in [-0.25, -0.2) is 15.6 Å². The zero-order valence-corrected chi connectivity index (χ0v) is 20.4. The van der Waals surface area contributed by atoms with Crippen molar-refractivity contribution in [1.29, 1.82) is 0 Å². The van der Waals surface area contributed by atoms with E-state index in [1.165, 1.54) is 11.1 Å². The lowest BCUT2D eigenvalue weighted by Crippen LogP contribution is -2.51. The molecule has 1 atom stereocenters. The summed E-state index contributed by atoms with van der Waals surface area (Å²) in [6.07, 6.45) is 1.49. The Bertz CT molecular complexity index is 955. The van der Waals surface area contributed by atoms with Gasteiger partial charge in [0.25, 0.3) is 0 Å². The van der Waals surface area contributed by atoms with Crippen LogP contribution in [0.2, 0.25) is 0 Å². The van der Waals surface area contributed by atoms with Crippen LogP contribution in [0, 0.1) is 0 Å². The Morgan fingerprint density at radius 3 is 2.21 bits per heavy atom. The minimum Gasteiger partial charge on any atom is -0.369 e. The normalized spacial score (nSPS) is 15.0. The van der Waals surface area contributed by atoms with Gasteiger partial charge in [-0.2, -0.15) is 0 Å². The van der Waals surface area contributed by atoms with Crippen LogP contribution in [0.1, 0.15) is 32.4 Å². The summed E-state index contributed by atoms with van der Waals surface area (Å²) in [5, 5.41) is 4.12. The molecule has 1 aliphatic heterocycles. The van der Waals surface area contributed by atoms with Gasteiger partial charge in [-0.1, -0.05) is 36.9 Å². The summed E-state index contributed by atoms with van der Waals surface area (Å²) in [4.78, 5) is 31.5. The molecule has 0 aliphatic carbocycles. The van der Waals surface area contributed by atoms with Gasteiger partial charge >= 0.3 is 6.03 Å².